The predicted octanol–water partition coefficient (Wildman–Crippen LogP) is 6.47. The molecule has 0 radical (unpaired) electrons. The van der Waals surface area contributed by atoms with Crippen molar-refractivity contribution in [2.75, 3.05) is 5.32 Å². The largest absolute Gasteiger partial charge is 0.481 e. The Morgan fingerprint density at radius 2 is 1.89 bits per heavy atom. The number of rotatable bonds is 10. The first kappa shape index (κ1) is 25.4. The molecule has 190 valence electrons. The number of hydrogen-bond donors (Lipinski definition) is 2. The molecule has 0 bridgehead atoms. The topological polar surface area (TPSA) is 105 Å². The van der Waals surface area contributed by atoms with E-state index in [1.165, 1.54) is 6.42 Å². The van der Waals surface area contributed by atoms with Gasteiger partial charge < -0.3 is 14.9 Å². The maximum absolute atomic E-state index is 13.0. The highest BCUT2D eigenvalue weighted by molar-refractivity contribution is 5.90. The van der Waals surface area contributed by atoms with Crippen LogP contribution in [0.15, 0.2) is 16.7 Å². The van der Waals surface area contributed by atoms with E-state index < -0.39 is 5.97 Å². The average molecular weight is 482 g/mol. The number of nitrogens with zero attached hydrogens (tertiary/aromatic N) is 2. The lowest BCUT2D eigenvalue weighted by Crippen LogP contribution is -2.26. The van der Waals surface area contributed by atoms with Crippen molar-refractivity contribution in [1.82, 2.24) is 10.1 Å². The minimum atomic E-state index is -0.869. The highest BCUT2D eigenvalue weighted by atomic mass is 16.5. The molecule has 7 heteroatoms. The molecule has 2 saturated carbocycles. The second kappa shape index (κ2) is 10.1. The second-order valence-electron chi connectivity index (χ2n) is 11.9. The van der Waals surface area contributed by atoms with Crippen LogP contribution in [-0.2, 0) is 9.59 Å². The van der Waals surface area contributed by atoms with Crippen molar-refractivity contribution in [3.8, 4) is 0 Å². The van der Waals surface area contributed by atoms with Gasteiger partial charge in [-0.2, -0.15) is 0 Å². The van der Waals surface area contributed by atoms with Gasteiger partial charge in [-0.25, -0.2) is 4.98 Å². The molecular formula is C28H39N3O4. The van der Waals surface area contributed by atoms with E-state index in [1.807, 2.05) is 19.9 Å². The average Bonchev–Trinajstić information content (AvgIpc) is 3.48. The molecule has 2 aliphatic rings. The summed E-state index contributed by atoms with van der Waals surface area (Å²) in [6, 6.07) is 3.72. The first-order valence-corrected chi connectivity index (χ1v) is 13.0. The maximum Gasteiger partial charge on any atom is 0.303 e. The molecule has 4 rings (SSSR count). The fraction of sp³-hybridized carbons (Fsp3) is 0.643. The van der Waals surface area contributed by atoms with Crippen molar-refractivity contribution < 1.29 is 19.2 Å². The van der Waals surface area contributed by atoms with Gasteiger partial charge in [0.25, 0.3) is 0 Å². The lowest BCUT2D eigenvalue weighted by atomic mass is 9.66. The number of pyridine rings is 1. The highest BCUT2D eigenvalue weighted by Gasteiger charge is 2.42. The van der Waals surface area contributed by atoms with Gasteiger partial charge in [-0.05, 0) is 81.3 Å². The summed E-state index contributed by atoms with van der Waals surface area (Å²) in [6.45, 7) is 10.7. The van der Waals surface area contributed by atoms with Crippen molar-refractivity contribution in [2.45, 2.75) is 104 Å². The van der Waals surface area contributed by atoms with Crippen LogP contribution in [0.2, 0.25) is 0 Å². The molecular weight excluding hydrogens is 442 g/mol. The zero-order valence-corrected chi connectivity index (χ0v) is 21.7. The molecule has 0 aromatic carbocycles. The number of carbonyl (C=O) groups is 2. The van der Waals surface area contributed by atoms with Gasteiger partial charge in [-0.3, -0.25) is 9.59 Å². The maximum atomic E-state index is 13.0. The van der Waals surface area contributed by atoms with Gasteiger partial charge in [0.1, 0.15) is 11.6 Å². The van der Waals surface area contributed by atoms with Gasteiger partial charge >= 0.3 is 5.97 Å². The van der Waals surface area contributed by atoms with Crippen LogP contribution < -0.4 is 5.32 Å². The Kier molecular flexibility index (Phi) is 7.34. The Hall–Kier alpha value is -2.70. The molecule has 1 amide bonds. The quantitative estimate of drug-likeness (QED) is 0.403. The summed E-state index contributed by atoms with van der Waals surface area (Å²) in [5, 5.41) is 16.7. The number of amides is 1. The molecule has 0 spiro atoms. The van der Waals surface area contributed by atoms with E-state index in [2.05, 4.69) is 36.2 Å². The molecule has 2 aromatic heterocycles. The fourth-order valence-electron chi connectivity index (χ4n) is 5.43. The summed E-state index contributed by atoms with van der Waals surface area (Å²) in [7, 11) is 0. The van der Waals surface area contributed by atoms with Crippen molar-refractivity contribution in [3.63, 3.8) is 0 Å². The standard InChI is InChI=1S/C28H39N3O4/c1-16-6-10-22(29-17(16)2)30-23(32)14-20(9-11-24(33)34)26-25(19-7-8-19)27(35-31-26)21-12-18(13-21)15-28(3,4)5/h6,10,18-21H,7-9,11-15H2,1-5H3,(H,33,34)(H,29,30,32)/t18-,20-,21+/m0/s1. The molecule has 2 heterocycles. The van der Waals surface area contributed by atoms with E-state index in [-0.39, 0.29) is 24.7 Å². The fourth-order valence-corrected chi connectivity index (χ4v) is 5.43. The van der Waals surface area contributed by atoms with E-state index in [0.717, 1.165) is 54.0 Å². The molecule has 2 fully saturated rings. The number of aliphatic carboxylic acids is 1. The lowest BCUT2D eigenvalue weighted by Gasteiger charge is -2.38. The summed E-state index contributed by atoms with van der Waals surface area (Å²) in [5.41, 5.74) is 4.21. The number of aromatic nitrogens is 2. The Morgan fingerprint density at radius 1 is 1.17 bits per heavy atom. The first-order chi connectivity index (χ1) is 16.5. The van der Waals surface area contributed by atoms with Crippen molar-refractivity contribution in [2.24, 2.45) is 11.3 Å². The lowest BCUT2D eigenvalue weighted by molar-refractivity contribution is -0.137. The number of nitrogens with one attached hydrogen (secondary N) is 1. The third kappa shape index (κ3) is 6.50. The molecule has 1 atom stereocenters. The second-order valence-corrected chi connectivity index (χ2v) is 11.9. The smallest absolute Gasteiger partial charge is 0.303 e. The zero-order valence-electron chi connectivity index (χ0n) is 21.7. The Labute approximate surface area is 208 Å². The van der Waals surface area contributed by atoms with Gasteiger partial charge in [-0.15, -0.1) is 0 Å². The number of carboxylic acids is 1. The van der Waals surface area contributed by atoms with Crippen LogP contribution in [0, 0.1) is 25.2 Å². The molecule has 2 N–H and O–H groups in total. The number of hydrogen-bond acceptors (Lipinski definition) is 5. The molecule has 35 heavy (non-hydrogen) atoms. The van der Waals surface area contributed by atoms with Crippen LogP contribution in [0.3, 0.4) is 0 Å². The van der Waals surface area contributed by atoms with Gasteiger partial charge in [-0.1, -0.05) is 32.0 Å². The summed E-state index contributed by atoms with van der Waals surface area (Å²) < 4.78 is 5.95. The van der Waals surface area contributed by atoms with Crippen LogP contribution in [0.1, 0.15) is 118 Å². The Morgan fingerprint density at radius 3 is 2.49 bits per heavy atom. The van der Waals surface area contributed by atoms with Gasteiger partial charge in [0.2, 0.25) is 5.91 Å². The summed E-state index contributed by atoms with van der Waals surface area (Å²) in [5.74, 6) is 1.67. The number of aryl methyl sites for hydroxylation is 2. The van der Waals surface area contributed by atoms with Gasteiger partial charge in [0.15, 0.2) is 0 Å². The van der Waals surface area contributed by atoms with Crippen molar-refractivity contribution in [1.29, 1.82) is 0 Å². The Bertz CT molecular complexity index is 1070. The molecule has 0 saturated heterocycles. The third-order valence-electron chi connectivity index (χ3n) is 7.42. The van der Waals surface area contributed by atoms with E-state index >= 15 is 0 Å². The number of carboxylic acid groups (broad SMARTS) is 1. The summed E-state index contributed by atoms with van der Waals surface area (Å²) in [6.07, 6.45) is 6.14. The van der Waals surface area contributed by atoms with Crippen LogP contribution in [-0.4, -0.2) is 27.1 Å². The van der Waals surface area contributed by atoms with Crippen LogP contribution in [0.4, 0.5) is 5.82 Å². The summed E-state index contributed by atoms with van der Waals surface area (Å²) in [4.78, 5) is 28.8. The molecule has 2 aromatic rings. The Balaban J connectivity index is 1.51. The van der Waals surface area contributed by atoms with Crippen LogP contribution in [0.25, 0.3) is 0 Å². The van der Waals surface area contributed by atoms with E-state index in [1.54, 1.807) is 6.07 Å². The van der Waals surface area contributed by atoms with E-state index in [0.29, 0.717) is 35.4 Å². The van der Waals surface area contributed by atoms with Crippen molar-refractivity contribution >= 4 is 17.7 Å². The van der Waals surface area contributed by atoms with E-state index in [9.17, 15) is 14.7 Å². The molecule has 2 aliphatic carbocycles. The normalized spacial score (nSPS) is 20.8. The van der Waals surface area contributed by atoms with Crippen LogP contribution >= 0.6 is 0 Å². The monoisotopic (exact) mass is 481 g/mol. The van der Waals surface area contributed by atoms with Crippen molar-refractivity contribution in [3.05, 3.63) is 40.4 Å². The van der Waals surface area contributed by atoms with Crippen LogP contribution in [0.5, 0.6) is 0 Å². The zero-order chi connectivity index (χ0) is 25.3. The SMILES string of the molecule is Cc1ccc(NC(=O)C[C@H](CCC(=O)O)c2noc([C@H]3C[C@@H](CC(C)(C)C)C3)c2C2CC2)nc1C. The highest BCUT2D eigenvalue weighted by Crippen LogP contribution is 2.53. The van der Waals surface area contributed by atoms with E-state index in [4.69, 9.17) is 4.52 Å². The molecule has 0 aliphatic heterocycles. The third-order valence-corrected chi connectivity index (χ3v) is 7.42. The first-order valence-electron chi connectivity index (χ1n) is 13.0. The van der Waals surface area contributed by atoms with Gasteiger partial charge in [0, 0.05) is 35.9 Å². The molecule has 0 unspecified atom stereocenters. The summed E-state index contributed by atoms with van der Waals surface area (Å²) >= 11 is 0. The number of anilines is 1. The number of carbonyl (C=O) groups excluding carboxylic acids is 1. The van der Waals surface area contributed by atoms with Gasteiger partial charge in [0.05, 0.1) is 5.69 Å². The predicted molar refractivity (Wildman–Crippen MR) is 135 cm³/mol. The molecule has 7 nitrogen and oxygen atoms in total. The minimum Gasteiger partial charge on any atom is -0.481 e. The minimum absolute atomic E-state index is 0.0107.